The van der Waals surface area contributed by atoms with Crippen LogP contribution in [-0.4, -0.2) is 35.3 Å². The fraction of sp³-hybridized carbons (Fsp3) is 0.467. The van der Waals surface area contributed by atoms with Gasteiger partial charge in [0.25, 0.3) is 5.91 Å². The third-order valence-electron chi connectivity index (χ3n) is 3.13. The van der Waals surface area contributed by atoms with Crippen LogP contribution in [0.2, 0.25) is 0 Å². The van der Waals surface area contributed by atoms with E-state index in [-0.39, 0.29) is 17.4 Å². The standard InChI is InChI=1S/C15H20N2O2/c1-15(2,3)16-8-9-17-13(18)10-11-6-4-5-7-12(11)14(17)19/h4-7,16H,8-10H2,1-3H3. The molecule has 2 rings (SSSR count). The molecule has 0 unspecified atom stereocenters. The van der Waals surface area contributed by atoms with E-state index in [0.717, 1.165) is 5.56 Å². The van der Waals surface area contributed by atoms with Crippen molar-refractivity contribution in [1.82, 2.24) is 10.2 Å². The summed E-state index contributed by atoms with van der Waals surface area (Å²) in [5.74, 6) is -0.290. The Hall–Kier alpha value is -1.68. The van der Waals surface area contributed by atoms with Crippen LogP contribution in [0.1, 0.15) is 36.7 Å². The summed E-state index contributed by atoms with van der Waals surface area (Å²) in [7, 11) is 0. The van der Waals surface area contributed by atoms with Gasteiger partial charge >= 0.3 is 0 Å². The fourth-order valence-corrected chi connectivity index (χ4v) is 2.17. The van der Waals surface area contributed by atoms with E-state index in [1.54, 1.807) is 6.07 Å². The molecule has 1 N–H and O–H groups in total. The van der Waals surface area contributed by atoms with E-state index in [9.17, 15) is 9.59 Å². The molecule has 19 heavy (non-hydrogen) atoms. The summed E-state index contributed by atoms with van der Waals surface area (Å²) < 4.78 is 0. The molecule has 0 atom stereocenters. The molecule has 0 fully saturated rings. The van der Waals surface area contributed by atoms with Gasteiger partial charge in [0.05, 0.1) is 6.42 Å². The van der Waals surface area contributed by atoms with Crippen molar-refractivity contribution in [2.24, 2.45) is 0 Å². The van der Waals surface area contributed by atoms with E-state index in [2.05, 4.69) is 26.1 Å². The zero-order valence-electron chi connectivity index (χ0n) is 11.7. The van der Waals surface area contributed by atoms with Gasteiger partial charge in [0.15, 0.2) is 0 Å². The number of fused-ring (bicyclic) bond motifs is 1. The van der Waals surface area contributed by atoms with Crippen molar-refractivity contribution in [2.45, 2.75) is 32.7 Å². The molecule has 1 heterocycles. The maximum Gasteiger partial charge on any atom is 0.260 e. The molecule has 1 aliphatic rings. The second kappa shape index (κ2) is 5.13. The van der Waals surface area contributed by atoms with Crippen LogP contribution in [0.25, 0.3) is 0 Å². The number of carbonyl (C=O) groups excluding carboxylic acids is 2. The van der Waals surface area contributed by atoms with Crippen LogP contribution in [0.4, 0.5) is 0 Å². The SMILES string of the molecule is CC(C)(C)NCCN1C(=O)Cc2ccccc2C1=O. The molecule has 4 heteroatoms. The second-order valence-electron chi connectivity index (χ2n) is 5.86. The molecule has 0 spiro atoms. The quantitative estimate of drug-likeness (QED) is 0.840. The average molecular weight is 260 g/mol. The summed E-state index contributed by atoms with van der Waals surface area (Å²) in [5.41, 5.74) is 1.47. The first-order valence-corrected chi connectivity index (χ1v) is 6.56. The molecule has 102 valence electrons. The summed E-state index contributed by atoms with van der Waals surface area (Å²) >= 11 is 0. The molecule has 0 aliphatic carbocycles. The first kappa shape index (κ1) is 13.7. The molecule has 0 saturated carbocycles. The number of nitrogens with one attached hydrogen (secondary N) is 1. The van der Waals surface area contributed by atoms with Crippen LogP contribution >= 0.6 is 0 Å². The predicted molar refractivity (Wildman–Crippen MR) is 73.9 cm³/mol. The second-order valence-corrected chi connectivity index (χ2v) is 5.86. The van der Waals surface area contributed by atoms with Gasteiger partial charge in [-0.1, -0.05) is 18.2 Å². The number of nitrogens with zero attached hydrogens (tertiary/aromatic N) is 1. The van der Waals surface area contributed by atoms with Crippen molar-refractivity contribution in [2.75, 3.05) is 13.1 Å². The molecular formula is C15H20N2O2. The lowest BCUT2D eigenvalue weighted by molar-refractivity contribution is -0.128. The molecule has 1 aromatic rings. The van der Waals surface area contributed by atoms with Gasteiger partial charge in [-0.3, -0.25) is 14.5 Å². The smallest absolute Gasteiger partial charge is 0.260 e. The minimum atomic E-state index is -0.178. The van der Waals surface area contributed by atoms with Crippen molar-refractivity contribution in [3.8, 4) is 0 Å². The number of amides is 2. The zero-order valence-corrected chi connectivity index (χ0v) is 11.7. The Labute approximate surface area is 113 Å². The van der Waals surface area contributed by atoms with Gasteiger partial charge < -0.3 is 5.32 Å². The number of benzene rings is 1. The van der Waals surface area contributed by atoms with E-state index in [0.29, 0.717) is 25.1 Å². The molecule has 0 radical (unpaired) electrons. The fourth-order valence-electron chi connectivity index (χ4n) is 2.17. The first-order valence-electron chi connectivity index (χ1n) is 6.56. The molecule has 4 nitrogen and oxygen atoms in total. The van der Waals surface area contributed by atoms with Crippen LogP contribution < -0.4 is 5.32 Å². The summed E-state index contributed by atoms with van der Waals surface area (Å²) in [6.07, 6.45) is 0.317. The van der Waals surface area contributed by atoms with Gasteiger partial charge in [0.1, 0.15) is 0 Å². The molecule has 0 saturated heterocycles. The Morgan fingerprint density at radius 2 is 1.89 bits per heavy atom. The highest BCUT2D eigenvalue weighted by Crippen LogP contribution is 2.19. The minimum Gasteiger partial charge on any atom is -0.310 e. The Morgan fingerprint density at radius 1 is 1.21 bits per heavy atom. The van der Waals surface area contributed by atoms with E-state index in [4.69, 9.17) is 0 Å². The van der Waals surface area contributed by atoms with Gasteiger partial charge in [0, 0.05) is 24.2 Å². The van der Waals surface area contributed by atoms with E-state index in [1.165, 1.54) is 4.90 Å². The summed E-state index contributed by atoms with van der Waals surface area (Å²) in [6.45, 7) is 7.21. The normalized spacial score (nSPS) is 15.6. The van der Waals surface area contributed by atoms with Crippen molar-refractivity contribution >= 4 is 11.8 Å². The Balaban J connectivity index is 2.07. The number of rotatable bonds is 3. The third kappa shape index (κ3) is 3.20. The molecule has 2 amide bonds. The van der Waals surface area contributed by atoms with Gasteiger partial charge in [0.2, 0.25) is 5.91 Å². The molecule has 0 aromatic heterocycles. The monoisotopic (exact) mass is 260 g/mol. The van der Waals surface area contributed by atoms with Crippen molar-refractivity contribution < 1.29 is 9.59 Å². The third-order valence-corrected chi connectivity index (χ3v) is 3.13. The highest BCUT2D eigenvalue weighted by atomic mass is 16.2. The Kier molecular flexibility index (Phi) is 3.71. The van der Waals surface area contributed by atoms with E-state index in [1.807, 2.05) is 18.2 Å². The van der Waals surface area contributed by atoms with Crippen molar-refractivity contribution in [3.63, 3.8) is 0 Å². The maximum atomic E-state index is 12.3. The highest BCUT2D eigenvalue weighted by molar-refractivity contribution is 6.09. The van der Waals surface area contributed by atoms with E-state index >= 15 is 0 Å². The van der Waals surface area contributed by atoms with Crippen LogP contribution in [-0.2, 0) is 11.2 Å². The van der Waals surface area contributed by atoms with Crippen LogP contribution in [0, 0.1) is 0 Å². The van der Waals surface area contributed by atoms with Gasteiger partial charge in [-0.15, -0.1) is 0 Å². The number of hydrogen-bond donors (Lipinski definition) is 1. The molecule has 0 bridgehead atoms. The summed E-state index contributed by atoms with van der Waals surface area (Å²) in [4.78, 5) is 25.6. The van der Waals surface area contributed by atoms with Gasteiger partial charge in [-0.05, 0) is 32.4 Å². The van der Waals surface area contributed by atoms with Crippen LogP contribution in [0.5, 0.6) is 0 Å². The molecule has 1 aliphatic heterocycles. The maximum absolute atomic E-state index is 12.3. The van der Waals surface area contributed by atoms with Gasteiger partial charge in [-0.25, -0.2) is 0 Å². The Morgan fingerprint density at radius 3 is 2.58 bits per heavy atom. The van der Waals surface area contributed by atoms with Crippen LogP contribution in [0.15, 0.2) is 24.3 Å². The van der Waals surface area contributed by atoms with Crippen molar-refractivity contribution in [1.29, 1.82) is 0 Å². The molecule has 1 aromatic carbocycles. The minimum absolute atomic E-state index is 0.0141. The lowest BCUT2D eigenvalue weighted by Crippen LogP contribution is -2.47. The number of carbonyl (C=O) groups is 2. The predicted octanol–water partition coefficient (Wildman–Crippen LogP) is 1.60. The van der Waals surface area contributed by atoms with E-state index < -0.39 is 0 Å². The lowest BCUT2D eigenvalue weighted by atomic mass is 9.98. The van der Waals surface area contributed by atoms with Gasteiger partial charge in [-0.2, -0.15) is 0 Å². The summed E-state index contributed by atoms with van der Waals surface area (Å²) in [6, 6.07) is 7.32. The van der Waals surface area contributed by atoms with Crippen molar-refractivity contribution in [3.05, 3.63) is 35.4 Å². The zero-order chi connectivity index (χ0) is 14.0. The number of imide groups is 1. The lowest BCUT2D eigenvalue weighted by Gasteiger charge is -2.28. The highest BCUT2D eigenvalue weighted by Gasteiger charge is 2.30. The first-order chi connectivity index (χ1) is 8.88. The Bertz CT molecular complexity index is 503. The molecular weight excluding hydrogens is 240 g/mol. The topological polar surface area (TPSA) is 49.4 Å². The number of hydrogen-bond acceptors (Lipinski definition) is 3. The van der Waals surface area contributed by atoms with Crippen LogP contribution in [0.3, 0.4) is 0 Å². The largest absolute Gasteiger partial charge is 0.310 e. The average Bonchev–Trinajstić information content (AvgIpc) is 2.32. The summed E-state index contributed by atoms with van der Waals surface area (Å²) in [5, 5.41) is 3.29.